The Hall–Kier alpha value is -4.25. The number of allylic oxidation sites excluding steroid dienone is 1. The van der Waals surface area contributed by atoms with Crippen molar-refractivity contribution in [2.45, 2.75) is 33.2 Å². The van der Waals surface area contributed by atoms with E-state index >= 15 is 0 Å². The van der Waals surface area contributed by atoms with Crippen LogP contribution in [0, 0.1) is 18.3 Å². The quantitative estimate of drug-likeness (QED) is 0.457. The Morgan fingerprint density at radius 1 is 1.28 bits per heavy atom. The number of nitrogens with zero attached hydrogens (tertiary/aromatic N) is 3. The molecule has 1 aromatic carbocycles. The molecule has 0 aliphatic rings. The van der Waals surface area contributed by atoms with Crippen molar-refractivity contribution in [3.8, 4) is 6.07 Å². The Morgan fingerprint density at radius 3 is 2.69 bits per heavy atom. The minimum atomic E-state index is -0.685. The molecule has 8 nitrogen and oxygen atoms in total. The van der Waals surface area contributed by atoms with Gasteiger partial charge in [-0.3, -0.25) is 19.1 Å². The third-order valence-electron chi connectivity index (χ3n) is 4.93. The highest BCUT2D eigenvalue weighted by atomic mass is 16.2. The number of pyridine rings is 1. The van der Waals surface area contributed by atoms with Crippen LogP contribution in [-0.4, -0.2) is 20.3 Å². The second-order valence-electron chi connectivity index (χ2n) is 7.78. The number of nitrogens with one attached hydrogen (secondary N) is 1. The van der Waals surface area contributed by atoms with E-state index in [2.05, 4.69) is 9.97 Å². The molecule has 0 fully saturated rings. The molecule has 2 aromatic heterocycles. The van der Waals surface area contributed by atoms with Crippen molar-refractivity contribution in [3.63, 3.8) is 0 Å². The highest BCUT2D eigenvalue weighted by Gasteiger charge is 2.25. The molecule has 162 valence electrons. The molecule has 32 heavy (non-hydrogen) atoms. The molecular formula is C24H23N5O3. The van der Waals surface area contributed by atoms with Gasteiger partial charge in [-0.15, -0.1) is 0 Å². The van der Waals surface area contributed by atoms with Gasteiger partial charge in [0.05, 0.1) is 12.6 Å². The van der Waals surface area contributed by atoms with Crippen LogP contribution in [0.25, 0.3) is 6.08 Å². The first-order chi connectivity index (χ1) is 15.2. The Bertz CT molecular complexity index is 1370. The van der Waals surface area contributed by atoms with Crippen LogP contribution in [0.15, 0.2) is 52.2 Å². The number of carbonyl (C=O) groups is 1. The van der Waals surface area contributed by atoms with Gasteiger partial charge in [0.15, 0.2) is 0 Å². The van der Waals surface area contributed by atoms with Crippen LogP contribution in [-0.2, 0) is 6.54 Å². The van der Waals surface area contributed by atoms with Gasteiger partial charge in [-0.1, -0.05) is 19.9 Å². The largest absolute Gasteiger partial charge is 0.384 e. The van der Waals surface area contributed by atoms with E-state index in [0.29, 0.717) is 16.7 Å². The lowest BCUT2D eigenvalue weighted by Crippen LogP contribution is -2.38. The van der Waals surface area contributed by atoms with Crippen molar-refractivity contribution in [2.24, 2.45) is 0 Å². The first-order valence-corrected chi connectivity index (χ1v) is 10.0. The summed E-state index contributed by atoms with van der Waals surface area (Å²) in [4.78, 5) is 45.4. The third kappa shape index (κ3) is 4.73. The zero-order valence-electron chi connectivity index (χ0n) is 18.0. The van der Waals surface area contributed by atoms with Crippen molar-refractivity contribution in [1.29, 1.82) is 5.26 Å². The number of ketones is 1. The summed E-state index contributed by atoms with van der Waals surface area (Å²) in [7, 11) is 0. The van der Waals surface area contributed by atoms with Crippen LogP contribution in [0.2, 0.25) is 0 Å². The van der Waals surface area contributed by atoms with Gasteiger partial charge in [-0.25, -0.2) is 9.78 Å². The average molecular weight is 429 g/mol. The number of nitrogens with two attached hydrogens (primary N) is 1. The lowest BCUT2D eigenvalue weighted by molar-refractivity contribution is 0.102. The lowest BCUT2D eigenvalue weighted by Gasteiger charge is -2.18. The number of rotatable bonds is 6. The molecule has 0 aliphatic heterocycles. The topological polar surface area (TPSA) is 135 Å². The standard InChI is InChI=1S/C24H23N5O3/c1-14(2)20-21(22(30)18-10-15(3)9-16(11-18)5-4-7-25)29(24(32)28-23(20)31)13-17-6-8-27-19(26)12-17/h4-6,8-12,14H,13H2,1-3H3,(H2,26,27)(H,28,31,32)/b5-4+. The molecule has 0 atom stereocenters. The summed E-state index contributed by atoms with van der Waals surface area (Å²) in [6, 6.07) is 10.4. The minimum absolute atomic E-state index is 0.0324. The molecule has 3 rings (SSSR count). The van der Waals surface area contributed by atoms with Crippen molar-refractivity contribution in [2.75, 3.05) is 5.73 Å². The summed E-state index contributed by atoms with van der Waals surface area (Å²) in [6.07, 6.45) is 4.43. The number of aryl methyl sites for hydroxylation is 1. The maximum absolute atomic E-state index is 13.7. The number of nitrogen functional groups attached to an aromatic ring is 1. The van der Waals surface area contributed by atoms with Gasteiger partial charge in [0, 0.05) is 23.4 Å². The molecule has 0 aliphatic carbocycles. The molecule has 0 bridgehead atoms. The minimum Gasteiger partial charge on any atom is -0.384 e. The highest BCUT2D eigenvalue weighted by molar-refractivity contribution is 6.09. The zero-order chi connectivity index (χ0) is 23.4. The maximum Gasteiger partial charge on any atom is 0.329 e. The van der Waals surface area contributed by atoms with E-state index < -0.39 is 17.0 Å². The monoisotopic (exact) mass is 429 g/mol. The normalized spacial score (nSPS) is 11.1. The average Bonchev–Trinajstić information content (AvgIpc) is 2.72. The lowest BCUT2D eigenvalue weighted by atomic mass is 9.95. The number of anilines is 1. The first-order valence-electron chi connectivity index (χ1n) is 10.0. The fourth-order valence-corrected chi connectivity index (χ4v) is 3.60. The SMILES string of the molecule is Cc1cc(/C=C/C#N)cc(C(=O)c2c(C(C)C)c(=O)[nH]c(=O)n2Cc2ccnc(N)c2)c1. The molecule has 0 saturated carbocycles. The van der Waals surface area contributed by atoms with Gasteiger partial charge < -0.3 is 5.73 Å². The number of aromatic amines is 1. The summed E-state index contributed by atoms with van der Waals surface area (Å²) in [5.41, 5.74) is 7.21. The van der Waals surface area contributed by atoms with Crippen LogP contribution in [0.5, 0.6) is 0 Å². The molecular weight excluding hydrogens is 406 g/mol. The number of hydrogen-bond donors (Lipinski definition) is 2. The van der Waals surface area contributed by atoms with Crippen molar-refractivity contribution >= 4 is 17.7 Å². The Balaban J connectivity index is 2.26. The molecule has 0 radical (unpaired) electrons. The first kappa shape index (κ1) is 22.4. The summed E-state index contributed by atoms with van der Waals surface area (Å²) >= 11 is 0. The number of aromatic nitrogens is 3. The summed E-state index contributed by atoms with van der Waals surface area (Å²) in [6.45, 7) is 5.44. The Labute approximate surface area is 184 Å². The van der Waals surface area contributed by atoms with Crippen LogP contribution in [0.1, 0.15) is 58.1 Å². The van der Waals surface area contributed by atoms with E-state index in [4.69, 9.17) is 11.0 Å². The van der Waals surface area contributed by atoms with E-state index in [9.17, 15) is 14.4 Å². The van der Waals surface area contributed by atoms with E-state index in [1.807, 2.05) is 19.1 Å². The van der Waals surface area contributed by atoms with E-state index in [-0.39, 0.29) is 29.5 Å². The van der Waals surface area contributed by atoms with E-state index in [1.54, 1.807) is 44.2 Å². The number of H-pyrrole nitrogens is 1. The van der Waals surface area contributed by atoms with Gasteiger partial charge in [0.25, 0.3) is 5.56 Å². The zero-order valence-corrected chi connectivity index (χ0v) is 18.0. The van der Waals surface area contributed by atoms with Gasteiger partial charge >= 0.3 is 5.69 Å². The molecule has 3 aromatic rings. The molecule has 0 saturated heterocycles. The summed E-state index contributed by atoms with van der Waals surface area (Å²) in [5, 5.41) is 8.81. The smallest absolute Gasteiger partial charge is 0.329 e. The number of carbonyl (C=O) groups excluding carboxylic acids is 1. The van der Waals surface area contributed by atoms with Crippen LogP contribution in [0.4, 0.5) is 5.82 Å². The van der Waals surface area contributed by atoms with Crippen LogP contribution < -0.4 is 17.0 Å². The predicted octanol–water partition coefficient (Wildman–Crippen LogP) is 2.76. The van der Waals surface area contributed by atoms with Gasteiger partial charge in [-0.05, 0) is 59.9 Å². The molecule has 2 heterocycles. The van der Waals surface area contributed by atoms with E-state index in [0.717, 1.165) is 5.56 Å². The second kappa shape index (κ2) is 9.27. The van der Waals surface area contributed by atoms with Crippen molar-refractivity contribution in [1.82, 2.24) is 14.5 Å². The molecule has 0 unspecified atom stereocenters. The van der Waals surface area contributed by atoms with Gasteiger partial charge in [0.2, 0.25) is 5.78 Å². The Morgan fingerprint density at radius 2 is 2.03 bits per heavy atom. The molecule has 3 N–H and O–H groups in total. The Kier molecular flexibility index (Phi) is 6.50. The number of hydrogen-bond acceptors (Lipinski definition) is 6. The van der Waals surface area contributed by atoms with Gasteiger partial charge in [0.1, 0.15) is 11.5 Å². The molecule has 0 spiro atoms. The predicted molar refractivity (Wildman–Crippen MR) is 122 cm³/mol. The summed E-state index contributed by atoms with van der Waals surface area (Å²) < 4.78 is 1.26. The second-order valence-corrected chi connectivity index (χ2v) is 7.78. The van der Waals surface area contributed by atoms with E-state index in [1.165, 1.54) is 16.8 Å². The van der Waals surface area contributed by atoms with Crippen molar-refractivity contribution in [3.05, 3.63) is 97.0 Å². The van der Waals surface area contributed by atoms with Gasteiger partial charge in [-0.2, -0.15) is 5.26 Å². The van der Waals surface area contributed by atoms with Crippen molar-refractivity contribution < 1.29 is 4.79 Å². The number of benzene rings is 1. The highest BCUT2D eigenvalue weighted by Crippen LogP contribution is 2.21. The maximum atomic E-state index is 13.7. The van der Waals surface area contributed by atoms with Crippen LogP contribution >= 0.6 is 0 Å². The molecule has 0 amide bonds. The molecule has 8 heteroatoms. The van der Waals surface area contributed by atoms with Crippen LogP contribution in [0.3, 0.4) is 0 Å². The fourth-order valence-electron chi connectivity index (χ4n) is 3.60. The third-order valence-corrected chi connectivity index (χ3v) is 4.93. The summed E-state index contributed by atoms with van der Waals surface area (Å²) in [5.74, 6) is -0.478. The number of nitriles is 1. The fraction of sp³-hybridized carbons (Fsp3) is 0.208.